The third-order valence-electron chi connectivity index (χ3n) is 4.15. The zero-order valence-electron chi connectivity index (χ0n) is 15.1. The van der Waals surface area contributed by atoms with Gasteiger partial charge in [-0.1, -0.05) is 18.2 Å². The minimum Gasteiger partial charge on any atom is -0.462 e. The predicted molar refractivity (Wildman–Crippen MR) is 106 cm³/mol. The molecule has 1 N–H and O–H groups in total. The molecule has 0 spiro atoms. The third-order valence-corrected chi connectivity index (χ3v) is 5.13. The van der Waals surface area contributed by atoms with Crippen molar-refractivity contribution < 1.29 is 9.21 Å². The summed E-state index contributed by atoms with van der Waals surface area (Å²) in [7, 11) is 2.09. The molecular formula is C20H23N3O2S. The second-order valence-electron chi connectivity index (χ2n) is 6.12. The van der Waals surface area contributed by atoms with Crippen LogP contribution in [0.4, 0.5) is 5.69 Å². The lowest BCUT2D eigenvalue weighted by molar-refractivity contribution is 0.0948. The smallest absolute Gasteiger partial charge is 0.271 e. The minimum atomic E-state index is -0.118. The molecule has 26 heavy (non-hydrogen) atoms. The molecule has 1 aromatic carbocycles. The maximum absolute atomic E-state index is 12.4. The van der Waals surface area contributed by atoms with E-state index in [1.165, 1.54) is 17.0 Å². The summed E-state index contributed by atoms with van der Waals surface area (Å²) in [5, 5.41) is 3.71. The van der Waals surface area contributed by atoms with Crippen LogP contribution in [0.15, 0.2) is 53.1 Å². The number of rotatable bonds is 8. The molecule has 3 aromatic rings. The number of hydrogen-bond acceptors (Lipinski definition) is 5. The van der Waals surface area contributed by atoms with Gasteiger partial charge < -0.3 is 14.6 Å². The molecular weight excluding hydrogens is 346 g/mol. The number of benzene rings is 1. The van der Waals surface area contributed by atoms with Crippen molar-refractivity contribution in [2.75, 3.05) is 25.0 Å². The Morgan fingerprint density at radius 1 is 1.19 bits per heavy atom. The van der Waals surface area contributed by atoms with Gasteiger partial charge >= 0.3 is 0 Å². The van der Waals surface area contributed by atoms with E-state index in [9.17, 15) is 4.79 Å². The number of unbranched alkanes of at least 4 members (excludes halogenated alkanes) is 1. The minimum absolute atomic E-state index is 0.118. The SMILES string of the molecule is Cc1sc(-c2ccco2)nc1C(=O)NCCCCN(C)c1ccccc1. The zero-order valence-corrected chi connectivity index (χ0v) is 15.9. The maximum atomic E-state index is 12.4. The molecule has 0 aliphatic rings. The summed E-state index contributed by atoms with van der Waals surface area (Å²) in [5.41, 5.74) is 1.70. The van der Waals surface area contributed by atoms with Crippen molar-refractivity contribution in [3.05, 3.63) is 59.3 Å². The van der Waals surface area contributed by atoms with E-state index in [-0.39, 0.29) is 5.91 Å². The molecule has 3 rings (SSSR count). The number of thiazole rings is 1. The van der Waals surface area contributed by atoms with E-state index in [1.54, 1.807) is 6.26 Å². The lowest BCUT2D eigenvalue weighted by Crippen LogP contribution is -2.26. The Kier molecular flexibility index (Phi) is 6.07. The highest BCUT2D eigenvalue weighted by molar-refractivity contribution is 7.15. The number of aryl methyl sites for hydroxylation is 1. The van der Waals surface area contributed by atoms with Crippen LogP contribution in [-0.4, -0.2) is 31.0 Å². The van der Waals surface area contributed by atoms with Crippen LogP contribution in [0.1, 0.15) is 28.2 Å². The van der Waals surface area contributed by atoms with Crippen LogP contribution in [0.5, 0.6) is 0 Å². The average Bonchev–Trinajstić information content (AvgIpc) is 3.31. The van der Waals surface area contributed by atoms with Crippen LogP contribution in [0, 0.1) is 6.92 Å². The second-order valence-corrected chi connectivity index (χ2v) is 7.32. The zero-order chi connectivity index (χ0) is 18.4. The first kappa shape index (κ1) is 18.2. The molecule has 0 unspecified atom stereocenters. The number of anilines is 1. The van der Waals surface area contributed by atoms with Gasteiger partial charge in [-0.2, -0.15) is 0 Å². The number of para-hydroxylation sites is 1. The highest BCUT2D eigenvalue weighted by Gasteiger charge is 2.17. The first-order valence-corrected chi connectivity index (χ1v) is 9.52. The van der Waals surface area contributed by atoms with Crippen LogP contribution in [-0.2, 0) is 0 Å². The number of hydrogen-bond donors (Lipinski definition) is 1. The Bertz CT molecular complexity index is 828. The molecule has 0 saturated carbocycles. The molecule has 5 nitrogen and oxygen atoms in total. The summed E-state index contributed by atoms with van der Waals surface area (Å²) < 4.78 is 5.35. The molecule has 6 heteroatoms. The molecule has 136 valence electrons. The molecule has 0 aliphatic carbocycles. The van der Waals surface area contributed by atoms with E-state index in [2.05, 4.69) is 34.4 Å². The average molecular weight is 369 g/mol. The number of nitrogens with zero attached hydrogens (tertiary/aromatic N) is 2. The summed E-state index contributed by atoms with van der Waals surface area (Å²) in [6.07, 6.45) is 3.55. The Labute approximate surface area is 157 Å². The maximum Gasteiger partial charge on any atom is 0.271 e. The van der Waals surface area contributed by atoms with Crippen molar-refractivity contribution in [3.8, 4) is 10.8 Å². The van der Waals surface area contributed by atoms with E-state index < -0.39 is 0 Å². The molecule has 1 amide bonds. The van der Waals surface area contributed by atoms with E-state index in [1.807, 2.05) is 37.3 Å². The summed E-state index contributed by atoms with van der Waals surface area (Å²) in [6, 6.07) is 14.0. The van der Waals surface area contributed by atoms with Gasteiger partial charge in [-0.3, -0.25) is 4.79 Å². The van der Waals surface area contributed by atoms with Gasteiger partial charge in [0.15, 0.2) is 10.8 Å². The first-order valence-electron chi connectivity index (χ1n) is 8.71. The number of aromatic nitrogens is 1. The van der Waals surface area contributed by atoms with E-state index >= 15 is 0 Å². The van der Waals surface area contributed by atoms with Gasteiger partial charge in [-0.15, -0.1) is 11.3 Å². The summed E-state index contributed by atoms with van der Waals surface area (Å²) in [5.74, 6) is 0.578. The molecule has 0 bridgehead atoms. The van der Waals surface area contributed by atoms with Crippen molar-refractivity contribution in [1.82, 2.24) is 10.3 Å². The fourth-order valence-corrected chi connectivity index (χ4v) is 3.56. The van der Waals surface area contributed by atoms with Crippen LogP contribution < -0.4 is 10.2 Å². The highest BCUT2D eigenvalue weighted by Crippen LogP contribution is 2.27. The Morgan fingerprint density at radius 2 is 2.00 bits per heavy atom. The second kappa shape index (κ2) is 8.67. The largest absolute Gasteiger partial charge is 0.462 e. The van der Waals surface area contributed by atoms with E-state index in [0.29, 0.717) is 18.0 Å². The number of furan rings is 1. The standard InChI is InChI=1S/C20H23N3O2S/c1-15-18(22-20(26-15)17-11-8-14-25-17)19(24)21-12-6-7-13-23(2)16-9-4-3-5-10-16/h3-5,8-11,14H,6-7,12-13H2,1-2H3,(H,21,24). The summed E-state index contributed by atoms with van der Waals surface area (Å²) in [4.78, 5) is 19.9. The summed E-state index contributed by atoms with van der Waals surface area (Å²) in [6.45, 7) is 3.51. The lowest BCUT2D eigenvalue weighted by Gasteiger charge is -2.19. The number of carbonyl (C=O) groups excluding carboxylic acids is 1. The van der Waals surface area contributed by atoms with Gasteiger partial charge in [0.25, 0.3) is 5.91 Å². The fourth-order valence-electron chi connectivity index (χ4n) is 2.68. The monoisotopic (exact) mass is 369 g/mol. The van der Waals surface area contributed by atoms with E-state index in [0.717, 1.165) is 29.3 Å². The van der Waals surface area contributed by atoms with Gasteiger partial charge in [0.2, 0.25) is 0 Å². The van der Waals surface area contributed by atoms with Crippen molar-refractivity contribution in [3.63, 3.8) is 0 Å². The molecule has 0 aliphatic heterocycles. The van der Waals surface area contributed by atoms with Gasteiger partial charge in [-0.05, 0) is 44.0 Å². The predicted octanol–water partition coefficient (Wildman–Crippen LogP) is 4.36. The van der Waals surface area contributed by atoms with Crippen molar-refractivity contribution in [1.29, 1.82) is 0 Å². The van der Waals surface area contributed by atoms with Crippen molar-refractivity contribution >= 4 is 22.9 Å². The van der Waals surface area contributed by atoms with Gasteiger partial charge in [0.05, 0.1) is 6.26 Å². The Balaban J connectivity index is 1.43. The molecule has 2 aromatic heterocycles. The normalized spacial score (nSPS) is 10.7. The van der Waals surface area contributed by atoms with E-state index in [4.69, 9.17) is 4.42 Å². The molecule has 0 saturated heterocycles. The highest BCUT2D eigenvalue weighted by atomic mass is 32.1. The first-order chi connectivity index (χ1) is 12.6. The van der Waals surface area contributed by atoms with Crippen molar-refractivity contribution in [2.45, 2.75) is 19.8 Å². The number of nitrogens with one attached hydrogen (secondary N) is 1. The molecule has 2 heterocycles. The van der Waals surface area contributed by atoms with Crippen LogP contribution in [0.25, 0.3) is 10.8 Å². The molecule has 0 radical (unpaired) electrons. The Morgan fingerprint density at radius 3 is 2.73 bits per heavy atom. The molecule has 0 fully saturated rings. The third kappa shape index (κ3) is 4.52. The number of amides is 1. The van der Waals surface area contributed by atoms with Crippen LogP contribution >= 0.6 is 11.3 Å². The van der Waals surface area contributed by atoms with Crippen LogP contribution in [0.3, 0.4) is 0 Å². The number of carbonyl (C=O) groups is 1. The lowest BCUT2D eigenvalue weighted by atomic mass is 10.2. The summed E-state index contributed by atoms with van der Waals surface area (Å²) >= 11 is 1.47. The topological polar surface area (TPSA) is 58.4 Å². The van der Waals surface area contributed by atoms with Gasteiger partial charge in [0, 0.05) is 30.7 Å². The van der Waals surface area contributed by atoms with Gasteiger partial charge in [0.1, 0.15) is 5.69 Å². The molecule has 0 atom stereocenters. The van der Waals surface area contributed by atoms with Crippen LogP contribution in [0.2, 0.25) is 0 Å². The van der Waals surface area contributed by atoms with Gasteiger partial charge in [-0.25, -0.2) is 4.98 Å². The fraction of sp³-hybridized carbons (Fsp3) is 0.300. The van der Waals surface area contributed by atoms with Crippen molar-refractivity contribution in [2.24, 2.45) is 0 Å². The Hall–Kier alpha value is -2.60. The quantitative estimate of drug-likeness (QED) is 0.600.